The van der Waals surface area contributed by atoms with Gasteiger partial charge in [0.15, 0.2) is 12.3 Å². The Morgan fingerprint density at radius 1 is 1.03 bits per heavy atom. The van der Waals surface area contributed by atoms with E-state index in [9.17, 15) is 14.4 Å². The van der Waals surface area contributed by atoms with Gasteiger partial charge in [0.2, 0.25) is 5.91 Å². The number of ether oxygens (including phenoxy) is 2. The lowest BCUT2D eigenvalue weighted by Gasteiger charge is -2.51. The summed E-state index contributed by atoms with van der Waals surface area (Å²) in [5, 5.41) is 2.50. The lowest BCUT2D eigenvalue weighted by Crippen LogP contribution is -2.66. The molecule has 11 nitrogen and oxygen atoms in total. The normalized spacial score (nSPS) is 26.8. The minimum Gasteiger partial charge on any atom is -0.455 e. The molecule has 1 N–H and O–H groups in total. The highest BCUT2D eigenvalue weighted by Crippen LogP contribution is 2.48. The molecule has 4 atom stereocenters. The average Bonchev–Trinajstić information content (AvgIpc) is 3.08. The van der Waals surface area contributed by atoms with Gasteiger partial charge in [-0.05, 0) is 28.2 Å². The standard InChI is InChI=1S/C25H43N3O8Si2/c1-14(2)37(15(3)4)32-13-20-22(35-38(36-37,16(5)6)17(7)8)23(33-19(10)30)24(34-20)28-12-11-21(26-18(9)29)27-25(28)31/h11-12,14-17,20,22-24H,13H2,1-10H3,(H,26,27,29,31)/t20-,22-,23+,24-/m1/s1. The van der Waals surface area contributed by atoms with E-state index in [1.807, 2.05) is 0 Å². The lowest BCUT2D eigenvalue weighted by molar-refractivity contribution is -0.155. The summed E-state index contributed by atoms with van der Waals surface area (Å²) in [5.41, 5.74) is -0.224. The van der Waals surface area contributed by atoms with Crippen LogP contribution < -0.4 is 11.0 Å². The molecule has 1 aromatic heterocycles. The molecule has 38 heavy (non-hydrogen) atoms. The molecule has 3 heterocycles. The number of hydrogen-bond donors (Lipinski definition) is 1. The van der Waals surface area contributed by atoms with E-state index in [0.717, 1.165) is 0 Å². The Kier molecular flexibility index (Phi) is 9.42. The van der Waals surface area contributed by atoms with Crippen molar-refractivity contribution in [2.75, 3.05) is 11.9 Å². The highest BCUT2D eigenvalue weighted by molar-refractivity contribution is 6.84. The van der Waals surface area contributed by atoms with Crippen LogP contribution in [0.15, 0.2) is 17.1 Å². The van der Waals surface area contributed by atoms with Gasteiger partial charge in [-0.25, -0.2) is 4.79 Å². The van der Waals surface area contributed by atoms with E-state index in [1.165, 1.54) is 30.7 Å². The molecular formula is C25H43N3O8Si2. The van der Waals surface area contributed by atoms with E-state index in [2.05, 4.69) is 65.7 Å². The lowest BCUT2D eigenvalue weighted by atomic mass is 10.1. The molecule has 0 unspecified atom stereocenters. The fourth-order valence-electron chi connectivity index (χ4n) is 5.52. The van der Waals surface area contributed by atoms with Gasteiger partial charge in [-0.2, -0.15) is 4.98 Å². The molecule has 0 saturated carbocycles. The maximum absolute atomic E-state index is 13.0. The highest BCUT2D eigenvalue weighted by atomic mass is 28.5. The zero-order chi connectivity index (χ0) is 28.6. The molecule has 0 spiro atoms. The number of rotatable bonds is 7. The number of carbonyl (C=O) groups is 2. The van der Waals surface area contributed by atoms with Gasteiger partial charge in [0.05, 0.1) is 6.61 Å². The van der Waals surface area contributed by atoms with Crippen LogP contribution in [0.5, 0.6) is 0 Å². The van der Waals surface area contributed by atoms with Crippen LogP contribution in [-0.4, -0.2) is 63.5 Å². The van der Waals surface area contributed by atoms with Crippen LogP contribution in [-0.2, 0) is 32.0 Å². The highest BCUT2D eigenvalue weighted by Gasteiger charge is 2.62. The van der Waals surface area contributed by atoms with Gasteiger partial charge in [0.1, 0.15) is 18.0 Å². The second kappa shape index (κ2) is 11.7. The van der Waals surface area contributed by atoms with Gasteiger partial charge in [0, 0.05) is 20.0 Å². The second-order valence-corrected chi connectivity index (χ2v) is 20.2. The Bertz CT molecular complexity index is 1060. The van der Waals surface area contributed by atoms with E-state index in [-0.39, 0.29) is 40.5 Å². The molecule has 0 aromatic carbocycles. The predicted octanol–water partition coefficient (Wildman–Crippen LogP) is 3.99. The van der Waals surface area contributed by atoms with Crippen molar-refractivity contribution in [1.29, 1.82) is 0 Å². The Hall–Kier alpha value is -1.91. The van der Waals surface area contributed by atoms with Crippen molar-refractivity contribution in [3.63, 3.8) is 0 Å². The summed E-state index contributed by atoms with van der Waals surface area (Å²) < 4.78 is 34.4. The van der Waals surface area contributed by atoms with Crippen molar-refractivity contribution in [3.8, 4) is 0 Å². The number of carbonyl (C=O) groups excluding carboxylic acids is 2. The van der Waals surface area contributed by atoms with Crippen LogP contribution in [0.25, 0.3) is 0 Å². The zero-order valence-electron chi connectivity index (χ0n) is 24.1. The molecular weight excluding hydrogens is 526 g/mol. The first-order chi connectivity index (χ1) is 17.6. The van der Waals surface area contributed by atoms with Crippen LogP contribution in [0.3, 0.4) is 0 Å². The monoisotopic (exact) mass is 569 g/mol. The number of nitrogens with zero attached hydrogens (tertiary/aromatic N) is 2. The molecule has 3 rings (SSSR count). The van der Waals surface area contributed by atoms with Crippen molar-refractivity contribution in [3.05, 3.63) is 22.7 Å². The molecule has 2 saturated heterocycles. The number of esters is 1. The largest absolute Gasteiger partial charge is 0.455 e. The van der Waals surface area contributed by atoms with E-state index in [1.54, 1.807) is 0 Å². The number of hydrogen-bond acceptors (Lipinski definition) is 9. The fourth-order valence-corrected chi connectivity index (χ4v) is 16.7. The Morgan fingerprint density at radius 2 is 1.61 bits per heavy atom. The molecule has 2 aliphatic rings. The number of anilines is 1. The molecule has 214 valence electrons. The SMILES string of the molecule is CC(=O)Nc1ccn([C@@H]2O[C@@H]3CO[Si](C(C)C)(C(C)C)O[Si](C(C)C)(C(C)C)O[C@H]3[C@@H]2OC(C)=O)c(=O)n1. The van der Waals surface area contributed by atoms with Crippen LogP contribution >= 0.6 is 0 Å². The van der Waals surface area contributed by atoms with Crippen molar-refractivity contribution in [1.82, 2.24) is 9.55 Å². The van der Waals surface area contributed by atoms with Gasteiger partial charge < -0.3 is 27.8 Å². The van der Waals surface area contributed by atoms with Gasteiger partial charge in [-0.3, -0.25) is 14.2 Å². The Morgan fingerprint density at radius 3 is 2.08 bits per heavy atom. The minimum absolute atomic E-state index is 0.0626. The van der Waals surface area contributed by atoms with Crippen molar-refractivity contribution >= 4 is 34.8 Å². The zero-order valence-corrected chi connectivity index (χ0v) is 26.1. The Balaban J connectivity index is 2.13. The van der Waals surface area contributed by atoms with E-state index in [0.29, 0.717) is 0 Å². The minimum atomic E-state index is -3.02. The summed E-state index contributed by atoms with van der Waals surface area (Å²) in [6, 6.07) is 1.49. The number of nitrogens with one attached hydrogen (secondary N) is 1. The molecule has 2 aliphatic heterocycles. The van der Waals surface area contributed by atoms with Crippen LogP contribution in [0.2, 0.25) is 22.2 Å². The van der Waals surface area contributed by atoms with Gasteiger partial charge >= 0.3 is 28.8 Å². The summed E-state index contributed by atoms with van der Waals surface area (Å²) in [7, 11) is -5.82. The first-order valence-electron chi connectivity index (χ1n) is 13.4. The van der Waals surface area contributed by atoms with Crippen molar-refractivity contribution in [2.24, 2.45) is 0 Å². The maximum atomic E-state index is 13.0. The summed E-state index contributed by atoms with van der Waals surface area (Å²) in [5.74, 6) is -0.752. The third-order valence-corrected chi connectivity index (χ3v) is 17.6. The summed E-state index contributed by atoms with van der Waals surface area (Å²) in [4.78, 5) is 40.6. The fraction of sp³-hybridized carbons (Fsp3) is 0.760. The molecule has 1 aromatic rings. The van der Waals surface area contributed by atoms with E-state index < -0.39 is 53.3 Å². The first-order valence-corrected chi connectivity index (χ1v) is 17.3. The number of fused-ring (bicyclic) bond motifs is 1. The van der Waals surface area contributed by atoms with Gasteiger partial charge in [0.25, 0.3) is 0 Å². The second-order valence-electron chi connectivity index (χ2n) is 11.4. The summed E-state index contributed by atoms with van der Waals surface area (Å²) >= 11 is 0. The number of aromatic nitrogens is 2. The molecule has 1 amide bonds. The summed E-state index contributed by atoms with van der Waals surface area (Å²) in [6.07, 6.45) is -1.79. The van der Waals surface area contributed by atoms with Gasteiger partial charge in [-0.15, -0.1) is 0 Å². The average molecular weight is 570 g/mol. The molecule has 0 radical (unpaired) electrons. The van der Waals surface area contributed by atoms with Crippen molar-refractivity contribution < 1.29 is 32.0 Å². The van der Waals surface area contributed by atoms with E-state index in [4.69, 9.17) is 22.4 Å². The predicted molar refractivity (Wildman–Crippen MR) is 146 cm³/mol. The quantitative estimate of drug-likeness (QED) is 0.383. The molecule has 13 heteroatoms. The molecule has 0 aliphatic carbocycles. The van der Waals surface area contributed by atoms with Gasteiger partial charge in [-0.1, -0.05) is 55.4 Å². The third kappa shape index (κ3) is 5.82. The molecule has 0 bridgehead atoms. The van der Waals surface area contributed by atoms with Crippen LogP contribution in [0, 0.1) is 0 Å². The number of amides is 1. The van der Waals surface area contributed by atoms with Crippen LogP contribution in [0.4, 0.5) is 5.82 Å². The van der Waals surface area contributed by atoms with E-state index >= 15 is 0 Å². The third-order valence-electron chi connectivity index (χ3n) is 7.33. The molecule has 2 fully saturated rings. The summed E-state index contributed by atoms with van der Waals surface area (Å²) in [6.45, 7) is 19.8. The maximum Gasteiger partial charge on any atom is 0.351 e. The first kappa shape index (κ1) is 30.6. The Labute approximate surface area is 227 Å². The van der Waals surface area contributed by atoms with Crippen LogP contribution in [0.1, 0.15) is 75.5 Å². The topological polar surface area (TPSA) is 127 Å². The smallest absolute Gasteiger partial charge is 0.351 e. The van der Waals surface area contributed by atoms with Crippen molar-refractivity contribution in [2.45, 2.75) is 116 Å².